The fraction of sp³-hybridized carbons (Fsp3) is 0.667. The van der Waals surface area contributed by atoms with Crippen LogP contribution in [-0.4, -0.2) is 16.9 Å². The molecule has 10 heavy (non-hydrogen) atoms. The van der Waals surface area contributed by atoms with Gasteiger partial charge in [-0.25, -0.2) is 4.79 Å². The predicted octanol–water partition coefficient (Wildman–Crippen LogP) is 0.828. The van der Waals surface area contributed by atoms with Gasteiger partial charge in [0, 0.05) is 39.1 Å². The molecule has 1 N–H and O–H groups in total. The Morgan fingerprint density at radius 3 is 2.20 bits per heavy atom. The smallest absolute Gasteiger partial charge is 0.372 e. The van der Waals surface area contributed by atoms with Crippen LogP contribution in [0.3, 0.4) is 0 Å². The second-order valence-corrected chi connectivity index (χ2v) is 1.83. The topological polar surface area (TPSA) is 54.4 Å². The Labute approximate surface area is 85.1 Å². The van der Waals surface area contributed by atoms with Gasteiger partial charge in [0.1, 0.15) is 0 Å². The van der Waals surface area contributed by atoms with E-state index in [1.807, 2.05) is 6.92 Å². The Bertz CT molecular complexity index is 122. The van der Waals surface area contributed by atoms with Gasteiger partial charge in [-0.3, -0.25) is 4.79 Å². The van der Waals surface area contributed by atoms with Crippen LogP contribution in [0.25, 0.3) is 0 Å². The van der Waals surface area contributed by atoms with E-state index in [4.69, 9.17) is 5.11 Å². The molecule has 4 heteroatoms. The number of Topliss-reactive ketones (excluding diaryl/α,β-unsaturated/α-hetero) is 1. The molecule has 0 amide bonds. The third-order valence-electron chi connectivity index (χ3n) is 0.996. The molecular formula is C6H10O3Y. The van der Waals surface area contributed by atoms with Crippen molar-refractivity contribution in [1.29, 1.82) is 0 Å². The molecule has 0 saturated heterocycles. The first-order valence-electron chi connectivity index (χ1n) is 2.94. The third-order valence-corrected chi connectivity index (χ3v) is 0.996. The van der Waals surface area contributed by atoms with Gasteiger partial charge in [-0.2, -0.15) is 0 Å². The Hall–Kier alpha value is 0.244. The summed E-state index contributed by atoms with van der Waals surface area (Å²) in [5.41, 5.74) is 0. The van der Waals surface area contributed by atoms with Gasteiger partial charge in [-0.15, -0.1) is 0 Å². The quantitative estimate of drug-likeness (QED) is 0.712. The van der Waals surface area contributed by atoms with E-state index < -0.39 is 11.8 Å². The van der Waals surface area contributed by atoms with Crippen LogP contribution in [0.1, 0.15) is 26.2 Å². The van der Waals surface area contributed by atoms with Crippen LogP contribution in [0, 0.1) is 0 Å². The van der Waals surface area contributed by atoms with E-state index in [1.165, 1.54) is 0 Å². The number of hydrogen-bond donors (Lipinski definition) is 1. The summed E-state index contributed by atoms with van der Waals surface area (Å²) in [5.74, 6) is -2.00. The van der Waals surface area contributed by atoms with Crippen molar-refractivity contribution in [3.05, 3.63) is 0 Å². The molecular weight excluding hydrogens is 209 g/mol. The summed E-state index contributed by atoms with van der Waals surface area (Å²) in [7, 11) is 0. The average Bonchev–Trinajstić information content (AvgIpc) is 1.82. The molecule has 0 aromatic carbocycles. The van der Waals surface area contributed by atoms with Crippen molar-refractivity contribution < 1.29 is 47.4 Å². The molecule has 0 aromatic rings. The van der Waals surface area contributed by atoms with Crippen LogP contribution >= 0.6 is 0 Å². The van der Waals surface area contributed by atoms with Crippen LogP contribution in [0.2, 0.25) is 0 Å². The largest absolute Gasteiger partial charge is 0.476 e. The van der Waals surface area contributed by atoms with E-state index in [2.05, 4.69) is 0 Å². The first kappa shape index (κ1) is 12.9. The summed E-state index contributed by atoms with van der Waals surface area (Å²) < 4.78 is 0. The van der Waals surface area contributed by atoms with Crippen molar-refractivity contribution in [3.8, 4) is 0 Å². The fourth-order valence-electron chi connectivity index (χ4n) is 0.444. The van der Waals surface area contributed by atoms with Gasteiger partial charge in [0.15, 0.2) is 0 Å². The summed E-state index contributed by atoms with van der Waals surface area (Å²) in [4.78, 5) is 20.2. The molecule has 1 radical (unpaired) electrons. The van der Waals surface area contributed by atoms with E-state index >= 15 is 0 Å². The summed E-state index contributed by atoms with van der Waals surface area (Å²) >= 11 is 0. The molecule has 0 unspecified atom stereocenters. The Kier molecular flexibility index (Phi) is 9.47. The van der Waals surface area contributed by atoms with Gasteiger partial charge in [-0.05, 0) is 6.42 Å². The molecule has 0 rings (SSSR count). The van der Waals surface area contributed by atoms with E-state index in [-0.39, 0.29) is 39.1 Å². The zero-order valence-electron chi connectivity index (χ0n) is 5.96. The predicted molar refractivity (Wildman–Crippen MR) is 32.2 cm³/mol. The molecule has 0 aliphatic rings. The van der Waals surface area contributed by atoms with Crippen LogP contribution in [-0.2, 0) is 42.3 Å². The molecule has 0 spiro atoms. The molecule has 0 fully saturated rings. The number of carbonyl (C=O) groups is 2. The van der Waals surface area contributed by atoms with Gasteiger partial charge in [-0.1, -0.05) is 13.3 Å². The monoisotopic (exact) mass is 219 g/mol. The number of carbonyl (C=O) groups excluding carboxylic acids is 1. The van der Waals surface area contributed by atoms with Crippen molar-refractivity contribution >= 4 is 11.8 Å². The Balaban J connectivity index is 0. The van der Waals surface area contributed by atoms with Crippen molar-refractivity contribution in [3.63, 3.8) is 0 Å². The van der Waals surface area contributed by atoms with Crippen LogP contribution < -0.4 is 0 Å². The minimum atomic E-state index is -1.32. The van der Waals surface area contributed by atoms with E-state index in [0.29, 0.717) is 6.42 Å². The summed E-state index contributed by atoms with van der Waals surface area (Å²) in [6, 6.07) is 0. The van der Waals surface area contributed by atoms with Crippen LogP contribution in [0.5, 0.6) is 0 Å². The van der Waals surface area contributed by atoms with Gasteiger partial charge in [0.2, 0.25) is 5.78 Å². The summed E-state index contributed by atoms with van der Waals surface area (Å²) in [6.45, 7) is 1.91. The van der Waals surface area contributed by atoms with Crippen molar-refractivity contribution in [2.24, 2.45) is 0 Å². The number of aliphatic carboxylic acids is 1. The van der Waals surface area contributed by atoms with Gasteiger partial charge < -0.3 is 5.11 Å². The number of ketones is 1. The zero-order chi connectivity index (χ0) is 7.28. The third kappa shape index (κ3) is 6.37. The summed E-state index contributed by atoms with van der Waals surface area (Å²) in [5, 5.41) is 8.06. The van der Waals surface area contributed by atoms with E-state index in [1.54, 1.807) is 0 Å². The van der Waals surface area contributed by atoms with Gasteiger partial charge in [0.25, 0.3) is 0 Å². The molecule has 0 saturated carbocycles. The maximum absolute atomic E-state index is 10.3. The maximum Gasteiger partial charge on any atom is 0.372 e. The molecule has 0 aliphatic heterocycles. The van der Waals surface area contributed by atoms with Crippen LogP contribution in [0.15, 0.2) is 0 Å². The molecule has 0 bridgehead atoms. The van der Waals surface area contributed by atoms with Crippen molar-refractivity contribution in [2.45, 2.75) is 26.2 Å². The molecule has 0 atom stereocenters. The molecule has 0 aromatic heterocycles. The fourth-order valence-corrected chi connectivity index (χ4v) is 0.444. The average molecular weight is 219 g/mol. The number of unbranched alkanes of at least 4 members (excludes halogenated alkanes) is 1. The Morgan fingerprint density at radius 1 is 1.40 bits per heavy atom. The second kappa shape index (κ2) is 7.35. The van der Waals surface area contributed by atoms with Crippen LogP contribution in [0.4, 0.5) is 0 Å². The number of carboxylic acids is 1. The van der Waals surface area contributed by atoms with Crippen molar-refractivity contribution in [2.75, 3.05) is 0 Å². The number of carboxylic acid groups (broad SMARTS) is 1. The zero-order valence-corrected chi connectivity index (χ0v) is 8.80. The SMILES string of the molecule is CCCCC(=O)C(=O)O.[Y]. The molecule has 55 valence electrons. The van der Waals surface area contributed by atoms with Gasteiger partial charge in [0.05, 0.1) is 0 Å². The molecule has 0 heterocycles. The number of hydrogen-bond acceptors (Lipinski definition) is 2. The molecule has 0 aliphatic carbocycles. The minimum absolute atomic E-state index is 0. The van der Waals surface area contributed by atoms with Crippen molar-refractivity contribution in [1.82, 2.24) is 0 Å². The van der Waals surface area contributed by atoms with E-state index in [0.717, 1.165) is 6.42 Å². The molecule has 3 nitrogen and oxygen atoms in total. The van der Waals surface area contributed by atoms with E-state index in [9.17, 15) is 9.59 Å². The Morgan fingerprint density at radius 2 is 1.90 bits per heavy atom. The maximum atomic E-state index is 10.3. The summed E-state index contributed by atoms with van der Waals surface area (Å²) in [6.07, 6.45) is 1.70. The van der Waals surface area contributed by atoms with Gasteiger partial charge >= 0.3 is 5.97 Å². The standard InChI is InChI=1S/C6H10O3.Y/c1-2-3-4-5(7)6(8)9;/h2-4H2,1H3,(H,8,9);. The second-order valence-electron chi connectivity index (χ2n) is 1.83. The first-order valence-corrected chi connectivity index (χ1v) is 2.94. The minimum Gasteiger partial charge on any atom is -0.476 e. The first-order chi connectivity index (χ1) is 4.18. The normalized spacial score (nSPS) is 8.10. The number of rotatable bonds is 4.